The van der Waals surface area contributed by atoms with E-state index in [9.17, 15) is 0 Å². The van der Waals surface area contributed by atoms with E-state index in [4.69, 9.17) is 10.00 Å². The molecule has 0 atom stereocenters. The molecule has 0 saturated heterocycles. The first-order valence-electron chi connectivity index (χ1n) is 10.9. The van der Waals surface area contributed by atoms with Gasteiger partial charge in [0.2, 0.25) is 0 Å². The molecule has 4 nitrogen and oxygen atoms in total. The van der Waals surface area contributed by atoms with E-state index in [0.29, 0.717) is 5.56 Å². The van der Waals surface area contributed by atoms with E-state index < -0.39 is 0 Å². The summed E-state index contributed by atoms with van der Waals surface area (Å²) in [5, 5.41) is 8.90. The molecule has 1 heterocycles. The Morgan fingerprint density at radius 1 is 0.733 bits per heavy atom. The third-order valence-electron chi connectivity index (χ3n) is 5.13. The van der Waals surface area contributed by atoms with E-state index in [-0.39, 0.29) is 0 Å². The molecule has 4 heteroatoms. The molecule has 0 aliphatic rings. The fourth-order valence-electron chi connectivity index (χ4n) is 3.31. The van der Waals surface area contributed by atoms with Crippen LogP contribution in [-0.2, 0) is 0 Å². The van der Waals surface area contributed by atoms with E-state index in [1.807, 2.05) is 36.4 Å². The highest BCUT2D eigenvalue weighted by Gasteiger charge is 2.04. The highest BCUT2D eigenvalue weighted by atomic mass is 16.5. The fraction of sp³-hybridized carbons (Fsp3) is 0.346. The smallest absolute Gasteiger partial charge is 0.119 e. The Morgan fingerprint density at radius 2 is 1.27 bits per heavy atom. The summed E-state index contributed by atoms with van der Waals surface area (Å²) >= 11 is 0. The van der Waals surface area contributed by atoms with Crippen molar-refractivity contribution in [2.24, 2.45) is 0 Å². The second kappa shape index (κ2) is 11.7. The Labute approximate surface area is 179 Å². The van der Waals surface area contributed by atoms with Crippen molar-refractivity contribution in [2.45, 2.75) is 51.9 Å². The zero-order chi connectivity index (χ0) is 21.0. The number of rotatable bonds is 11. The lowest BCUT2D eigenvalue weighted by Crippen LogP contribution is -1.97. The van der Waals surface area contributed by atoms with Crippen molar-refractivity contribution >= 4 is 0 Å². The van der Waals surface area contributed by atoms with Crippen molar-refractivity contribution in [3.63, 3.8) is 0 Å². The van der Waals surface area contributed by atoms with Gasteiger partial charge in [0.05, 0.1) is 42.0 Å². The summed E-state index contributed by atoms with van der Waals surface area (Å²) in [6, 6.07) is 17.5. The molecule has 0 bridgehead atoms. The van der Waals surface area contributed by atoms with Crippen molar-refractivity contribution in [3.8, 4) is 34.3 Å². The number of nitrogens with zero attached hydrogens (tertiary/aromatic N) is 3. The van der Waals surface area contributed by atoms with Gasteiger partial charge in [-0.2, -0.15) is 5.26 Å². The molecule has 0 saturated carbocycles. The summed E-state index contributed by atoms with van der Waals surface area (Å²) in [6.45, 7) is 3.02. The third-order valence-corrected chi connectivity index (χ3v) is 5.13. The lowest BCUT2D eigenvalue weighted by Gasteiger charge is -2.08. The van der Waals surface area contributed by atoms with Crippen molar-refractivity contribution in [1.29, 1.82) is 5.26 Å². The minimum absolute atomic E-state index is 0.637. The van der Waals surface area contributed by atoms with Crippen LogP contribution >= 0.6 is 0 Å². The molecule has 0 aliphatic carbocycles. The first-order valence-corrected chi connectivity index (χ1v) is 10.9. The molecular weight excluding hydrogens is 370 g/mol. The van der Waals surface area contributed by atoms with E-state index in [1.165, 1.54) is 38.5 Å². The van der Waals surface area contributed by atoms with Gasteiger partial charge in [-0.15, -0.1) is 0 Å². The molecule has 0 fully saturated rings. The largest absolute Gasteiger partial charge is 0.494 e. The molecule has 1 aromatic heterocycles. The van der Waals surface area contributed by atoms with Gasteiger partial charge in [-0.05, 0) is 42.8 Å². The van der Waals surface area contributed by atoms with Gasteiger partial charge in [0.25, 0.3) is 0 Å². The molecule has 154 valence electrons. The third kappa shape index (κ3) is 6.42. The molecule has 0 unspecified atom stereocenters. The van der Waals surface area contributed by atoms with Crippen LogP contribution in [0.5, 0.6) is 5.75 Å². The summed E-state index contributed by atoms with van der Waals surface area (Å²) in [6.07, 6.45) is 12.5. The molecule has 30 heavy (non-hydrogen) atoms. The quantitative estimate of drug-likeness (QED) is 0.332. The SMILES string of the molecule is CCCCCCCCCOc1ccc(-c2cnc(-c3ccc(C#N)cc3)cn2)cc1. The first kappa shape index (κ1) is 21.5. The maximum Gasteiger partial charge on any atom is 0.119 e. The van der Waals surface area contributed by atoms with Crippen LogP contribution in [0.3, 0.4) is 0 Å². The van der Waals surface area contributed by atoms with Gasteiger partial charge in [0, 0.05) is 11.1 Å². The predicted octanol–water partition coefficient (Wildman–Crippen LogP) is 6.81. The van der Waals surface area contributed by atoms with Gasteiger partial charge < -0.3 is 4.74 Å². The molecule has 0 amide bonds. The lowest BCUT2D eigenvalue weighted by molar-refractivity contribution is 0.304. The zero-order valence-electron chi connectivity index (χ0n) is 17.7. The summed E-state index contributed by atoms with van der Waals surface area (Å²) in [5.41, 5.74) is 4.21. The van der Waals surface area contributed by atoms with Crippen molar-refractivity contribution in [3.05, 3.63) is 66.5 Å². The number of hydrogen-bond acceptors (Lipinski definition) is 4. The number of unbranched alkanes of at least 4 members (excludes halogenated alkanes) is 6. The number of ether oxygens (including phenoxy) is 1. The van der Waals surface area contributed by atoms with Gasteiger partial charge in [0.15, 0.2) is 0 Å². The Hall–Kier alpha value is -3.19. The van der Waals surface area contributed by atoms with Crippen LogP contribution in [0, 0.1) is 11.3 Å². The van der Waals surface area contributed by atoms with Crippen LogP contribution in [0.25, 0.3) is 22.5 Å². The van der Waals surface area contributed by atoms with Gasteiger partial charge >= 0.3 is 0 Å². The van der Waals surface area contributed by atoms with Gasteiger partial charge in [0.1, 0.15) is 5.75 Å². The Kier molecular flexibility index (Phi) is 8.41. The lowest BCUT2D eigenvalue weighted by atomic mass is 10.1. The minimum atomic E-state index is 0.637. The number of nitriles is 1. The van der Waals surface area contributed by atoms with E-state index in [2.05, 4.69) is 23.0 Å². The van der Waals surface area contributed by atoms with Crippen molar-refractivity contribution < 1.29 is 4.74 Å². The topological polar surface area (TPSA) is 58.8 Å². The monoisotopic (exact) mass is 399 g/mol. The van der Waals surface area contributed by atoms with E-state index in [1.54, 1.807) is 24.5 Å². The number of aromatic nitrogens is 2. The van der Waals surface area contributed by atoms with Crippen LogP contribution in [0.15, 0.2) is 60.9 Å². The summed E-state index contributed by atoms with van der Waals surface area (Å²) in [5.74, 6) is 0.895. The predicted molar refractivity (Wildman–Crippen MR) is 121 cm³/mol. The van der Waals surface area contributed by atoms with Gasteiger partial charge in [-0.3, -0.25) is 9.97 Å². The highest BCUT2D eigenvalue weighted by Crippen LogP contribution is 2.23. The molecule has 0 radical (unpaired) electrons. The van der Waals surface area contributed by atoms with Crippen molar-refractivity contribution in [1.82, 2.24) is 9.97 Å². The molecule has 0 aliphatic heterocycles. The Balaban J connectivity index is 1.48. The average molecular weight is 400 g/mol. The summed E-state index contributed by atoms with van der Waals surface area (Å²) in [4.78, 5) is 9.07. The number of benzene rings is 2. The molecule has 0 spiro atoms. The van der Waals surface area contributed by atoms with E-state index in [0.717, 1.165) is 41.3 Å². The minimum Gasteiger partial charge on any atom is -0.494 e. The van der Waals surface area contributed by atoms with Crippen molar-refractivity contribution in [2.75, 3.05) is 6.61 Å². The van der Waals surface area contributed by atoms with Crippen LogP contribution < -0.4 is 4.74 Å². The van der Waals surface area contributed by atoms with Crippen LogP contribution in [0.1, 0.15) is 57.4 Å². The summed E-state index contributed by atoms with van der Waals surface area (Å²) < 4.78 is 5.86. The molecular formula is C26H29N3O. The number of hydrogen-bond donors (Lipinski definition) is 0. The first-order chi connectivity index (χ1) is 14.8. The van der Waals surface area contributed by atoms with Crippen LogP contribution in [0.4, 0.5) is 0 Å². The van der Waals surface area contributed by atoms with E-state index >= 15 is 0 Å². The van der Waals surface area contributed by atoms with Gasteiger partial charge in [-0.25, -0.2) is 0 Å². The van der Waals surface area contributed by atoms with Crippen LogP contribution in [0.2, 0.25) is 0 Å². The molecule has 0 N–H and O–H groups in total. The molecule has 3 aromatic rings. The molecule has 2 aromatic carbocycles. The second-order valence-electron chi connectivity index (χ2n) is 7.47. The second-order valence-corrected chi connectivity index (χ2v) is 7.47. The Bertz CT molecular complexity index is 926. The maximum absolute atomic E-state index is 8.90. The van der Waals surface area contributed by atoms with Gasteiger partial charge in [-0.1, -0.05) is 57.6 Å². The highest BCUT2D eigenvalue weighted by molar-refractivity contribution is 5.63. The normalized spacial score (nSPS) is 10.5. The molecule has 3 rings (SSSR count). The standard InChI is InChI=1S/C26H29N3O/c1-2-3-4-5-6-7-8-17-30-24-15-13-23(14-16-24)26-20-28-25(19-29-26)22-11-9-21(18-27)10-12-22/h9-16,19-20H,2-8,17H2,1H3. The summed E-state index contributed by atoms with van der Waals surface area (Å²) in [7, 11) is 0. The fourth-order valence-corrected chi connectivity index (χ4v) is 3.31. The zero-order valence-corrected chi connectivity index (χ0v) is 17.7. The Morgan fingerprint density at radius 3 is 1.80 bits per heavy atom. The average Bonchev–Trinajstić information content (AvgIpc) is 2.81. The maximum atomic E-state index is 8.90. The van der Waals surface area contributed by atoms with Crippen LogP contribution in [-0.4, -0.2) is 16.6 Å².